The first-order valence-electron chi connectivity index (χ1n) is 5.27. The van der Waals surface area contributed by atoms with Gasteiger partial charge in [-0.2, -0.15) is 13.2 Å². The van der Waals surface area contributed by atoms with Gasteiger partial charge in [0.15, 0.2) is 0 Å². The zero-order chi connectivity index (χ0) is 12.2. The lowest BCUT2D eigenvalue weighted by Gasteiger charge is -2.15. The summed E-state index contributed by atoms with van der Waals surface area (Å²) >= 11 is 0. The van der Waals surface area contributed by atoms with E-state index in [-0.39, 0.29) is 11.9 Å². The van der Waals surface area contributed by atoms with Crippen LogP contribution in [0.3, 0.4) is 0 Å². The van der Waals surface area contributed by atoms with Crippen LogP contribution in [-0.4, -0.2) is 6.10 Å². The van der Waals surface area contributed by atoms with Crippen LogP contribution in [0.25, 0.3) is 0 Å². The summed E-state index contributed by atoms with van der Waals surface area (Å²) in [7, 11) is 0. The summed E-state index contributed by atoms with van der Waals surface area (Å²) < 4.78 is 42.6. The highest BCUT2D eigenvalue weighted by Gasteiger charge is 2.30. The molecule has 0 aliphatic heterocycles. The fourth-order valence-corrected chi connectivity index (χ4v) is 1.44. The van der Waals surface area contributed by atoms with E-state index in [1.807, 2.05) is 13.8 Å². The van der Waals surface area contributed by atoms with Gasteiger partial charge in [-0.05, 0) is 31.5 Å². The largest absolute Gasteiger partial charge is 0.491 e. The average molecular weight is 232 g/mol. The van der Waals surface area contributed by atoms with Crippen molar-refractivity contribution in [1.82, 2.24) is 0 Å². The van der Waals surface area contributed by atoms with E-state index in [1.165, 1.54) is 6.07 Å². The van der Waals surface area contributed by atoms with E-state index >= 15 is 0 Å². The second kappa shape index (κ2) is 5.23. The number of rotatable bonds is 4. The second-order valence-electron chi connectivity index (χ2n) is 3.74. The summed E-state index contributed by atoms with van der Waals surface area (Å²) in [6, 6.07) is 4.97. The molecule has 0 saturated heterocycles. The van der Waals surface area contributed by atoms with Crippen molar-refractivity contribution in [3.05, 3.63) is 29.8 Å². The molecule has 0 radical (unpaired) electrons. The molecular formula is C12H15F3O. The highest BCUT2D eigenvalue weighted by molar-refractivity contribution is 5.30. The van der Waals surface area contributed by atoms with Gasteiger partial charge in [0.1, 0.15) is 5.75 Å². The molecule has 0 N–H and O–H groups in total. The molecule has 1 unspecified atom stereocenters. The van der Waals surface area contributed by atoms with Crippen molar-refractivity contribution in [3.63, 3.8) is 0 Å². The Kier molecular flexibility index (Phi) is 4.21. The molecule has 0 fully saturated rings. The van der Waals surface area contributed by atoms with Gasteiger partial charge in [0.05, 0.1) is 11.7 Å². The molecule has 1 nitrogen and oxygen atoms in total. The van der Waals surface area contributed by atoms with Crippen molar-refractivity contribution in [2.75, 3.05) is 0 Å². The number of hydrogen-bond acceptors (Lipinski definition) is 1. The summed E-state index contributed by atoms with van der Waals surface area (Å²) in [5.74, 6) is 0.274. The molecule has 0 bridgehead atoms. The van der Waals surface area contributed by atoms with Crippen LogP contribution in [0.1, 0.15) is 32.3 Å². The molecule has 0 aliphatic carbocycles. The Bertz CT molecular complexity index is 333. The van der Waals surface area contributed by atoms with Crippen LogP contribution in [-0.2, 0) is 6.18 Å². The highest BCUT2D eigenvalue weighted by Crippen LogP contribution is 2.31. The summed E-state index contributed by atoms with van der Waals surface area (Å²) in [6.07, 6.45) is -2.60. The third kappa shape index (κ3) is 3.76. The van der Waals surface area contributed by atoms with Gasteiger partial charge in [-0.3, -0.25) is 0 Å². The molecule has 0 amide bonds. The Balaban J connectivity index is 2.75. The third-order valence-corrected chi connectivity index (χ3v) is 2.19. The predicted molar refractivity (Wildman–Crippen MR) is 56.4 cm³/mol. The third-order valence-electron chi connectivity index (χ3n) is 2.19. The molecule has 1 aromatic carbocycles. The first-order valence-corrected chi connectivity index (χ1v) is 5.27. The molecule has 4 heteroatoms. The molecular weight excluding hydrogens is 217 g/mol. The molecule has 1 aromatic rings. The van der Waals surface area contributed by atoms with Gasteiger partial charge < -0.3 is 4.74 Å². The summed E-state index contributed by atoms with van der Waals surface area (Å²) in [6.45, 7) is 3.86. The summed E-state index contributed by atoms with van der Waals surface area (Å²) in [4.78, 5) is 0. The number of alkyl halides is 3. The topological polar surface area (TPSA) is 9.23 Å². The van der Waals surface area contributed by atoms with Crippen LogP contribution >= 0.6 is 0 Å². The van der Waals surface area contributed by atoms with Crippen LogP contribution in [0, 0.1) is 0 Å². The Morgan fingerprint density at radius 2 is 2.00 bits per heavy atom. The lowest BCUT2D eigenvalue weighted by atomic mass is 10.2. The lowest BCUT2D eigenvalue weighted by molar-refractivity contribution is -0.137. The minimum atomic E-state index is -4.31. The molecule has 0 heterocycles. The SMILES string of the molecule is CCCC(C)Oc1cccc(C(F)(F)F)c1. The van der Waals surface area contributed by atoms with Gasteiger partial charge in [0.25, 0.3) is 0 Å². The number of halogens is 3. The van der Waals surface area contributed by atoms with Crippen molar-refractivity contribution < 1.29 is 17.9 Å². The van der Waals surface area contributed by atoms with E-state index < -0.39 is 11.7 Å². The fourth-order valence-electron chi connectivity index (χ4n) is 1.44. The zero-order valence-electron chi connectivity index (χ0n) is 9.34. The number of hydrogen-bond donors (Lipinski definition) is 0. The maximum Gasteiger partial charge on any atom is 0.416 e. The molecule has 16 heavy (non-hydrogen) atoms. The molecule has 0 saturated carbocycles. The van der Waals surface area contributed by atoms with Gasteiger partial charge in [-0.1, -0.05) is 19.4 Å². The Hall–Kier alpha value is -1.19. The van der Waals surface area contributed by atoms with Crippen LogP contribution in [0.15, 0.2) is 24.3 Å². The molecule has 0 spiro atoms. The van der Waals surface area contributed by atoms with Gasteiger partial charge in [0.2, 0.25) is 0 Å². The van der Waals surface area contributed by atoms with E-state index in [1.54, 1.807) is 6.07 Å². The van der Waals surface area contributed by atoms with E-state index in [2.05, 4.69) is 0 Å². The second-order valence-corrected chi connectivity index (χ2v) is 3.74. The maximum atomic E-state index is 12.4. The first kappa shape index (κ1) is 12.9. The smallest absolute Gasteiger partial charge is 0.416 e. The van der Waals surface area contributed by atoms with Crippen molar-refractivity contribution in [2.24, 2.45) is 0 Å². The average Bonchev–Trinajstić information content (AvgIpc) is 2.17. The highest BCUT2D eigenvalue weighted by atomic mass is 19.4. The van der Waals surface area contributed by atoms with Gasteiger partial charge in [0, 0.05) is 0 Å². The quantitative estimate of drug-likeness (QED) is 0.753. The molecule has 1 atom stereocenters. The van der Waals surface area contributed by atoms with Crippen LogP contribution in [0.2, 0.25) is 0 Å². The molecule has 90 valence electrons. The first-order chi connectivity index (χ1) is 7.43. The normalized spacial score (nSPS) is 13.6. The summed E-state index contributed by atoms with van der Waals surface area (Å²) in [5, 5.41) is 0. The van der Waals surface area contributed by atoms with E-state index in [4.69, 9.17) is 4.74 Å². The van der Waals surface area contributed by atoms with Crippen LogP contribution in [0.4, 0.5) is 13.2 Å². The minimum Gasteiger partial charge on any atom is -0.491 e. The van der Waals surface area contributed by atoms with Gasteiger partial charge in [-0.15, -0.1) is 0 Å². The fraction of sp³-hybridized carbons (Fsp3) is 0.500. The van der Waals surface area contributed by atoms with E-state index in [0.717, 1.165) is 25.0 Å². The molecule has 1 rings (SSSR count). The lowest BCUT2D eigenvalue weighted by Crippen LogP contribution is -2.12. The van der Waals surface area contributed by atoms with Crippen LogP contribution in [0.5, 0.6) is 5.75 Å². The number of benzene rings is 1. The van der Waals surface area contributed by atoms with Gasteiger partial charge in [-0.25, -0.2) is 0 Å². The molecule has 0 aliphatic rings. The van der Waals surface area contributed by atoms with Crippen molar-refractivity contribution >= 4 is 0 Å². The Morgan fingerprint density at radius 1 is 1.31 bits per heavy atom. The Labute approximate surface area is 93.2 Å². The number of ether oxygens (including phenoxy) is 1. The Morgan fingerprint density at radius 3 is 2.56 bits per heavy atom. The van der Waals surface area contributed by atoms with Crippen molar-refractivity contribution in [3.8, 4) is 5.75 Å². The van der Waals surface area contributed by atoms with E-state index in [0.29, 0.717) is 0 Å². The van der Waals surface area contributed by atoms with Crippen molar-refractivity contribution in [1.29, 1.82) is 0 Å². The van der Waals surface area contributed by atoms with Gasteiger partial charge >= 0.3 is 6.18 Å². The van der Waals surface area contributed by atoms with Crippen LogP contribution < -0.4 is 4.74 Å². The van der Waals surface area contributed by atoms with Crippen molar-refractivity contribution in [2.45, 2.75) is 39.0 Å². The maximum absolute atomic E-state index is 12.4. The van der Waals surface area contributed by atoms with E-state index in [9.17, 15) is 13.2 Å². The predicted octanol–water partition coefficient (Wildman–Crippen LogP) is 4.27. The zero-order valence-corrected chi connectivity index (χ0v) is 9.34. The molecule has 0 aromatic heterocycles. The standard InChI is InChI=1S/C12H15F3O/c1-3-5-9(2)16-11-7-4-6-10(8-11)12(13,14)15/h4,6-9H,3,5H2,1-2H3. The monoisotopic (exact) mass is 232 g/mol. The summed E-state index contributed by atoms with van der Waals surface area (Å²) in [5.41, 5.74) is -0.673. The minimum absolute atomic E-state index is 0.0616.